The highest BCUT2D eigenvalue weighted by Crippen LogP contribution is 2.48. The van der Waals surface area contributed by atoms with Crippen molar-refractivity contribution in [1.29, 1.82) is 0 Å². The predicted molar refractivity (Wildman–Crippen MR) is 107 cm³/mol. The molecule has 2 bridgehead atoms. The number of aromatic nitrogens is 2. The second-order valence-electron chi connectivity index (χ2n) is 7.02. The molecule has 1 aliphatic heterocycles. The Morgan fingerprint density at radius 2 is 2.04 bits per heavy atom. The number of aryl methyl sites for hydroxylation is 1. The molecular weight excluding hydrogens is 338 g/mol. The van der Waals surface area contributed by atoms with Gasteiger partial charge in [0.2, 0.25) is 0 Å². The predicted octanol–water partition coefficient (Wildman–Crippen LogP) is 5.27. The lowest BCUT2D eigenvalue weighted by Crippen LogP contribution is -2.10. The molecule has 2 aliphatic rings. The van der Waals surface area contributed by atoms with Gasteiger partial charge in [-0.3, -0.25) is 4.98 Å². The van der Waals surface area contributed by atoms with Crippen LogP contribution in [-0.4, -0.2) is 9.55 Å². The summed E-state index contributed by atoms with van der Waals surface area (Å²) < 4.78 is 2.35. The standard InChI is InChI=1S/C22H17N3S/c1-25-19-7-6-14(11-16(19)21-18-10-13(12-24-18)22(21)25)26-20-8-9-23-17-5-3-2-4-15(17)20/h2-9,11-12,18,24H,10H2,1H3. The first-order valence-electron chi connectivity index (χ1n) is 8.89. The van der Waals surface area contributed by atoms with Crippen molar-refractivity contribution in [3.63, 3.8) is 0 Å². The first-order valence-corrected chi connectivity index (χ1v) is 9.70. The zero-order valence-corrected chi connectivity index (χ0v) is 15.2. The molecule has 1 N–H and O–H groups in total. The first kappa shape index (κ1) is 14.4. The van der Waals surface area contributed by atoms with E-state index in [9.17, 15) is 0 Å². The maximum atomic E-state index is 4.48. The summed E-state index contributed by atoms with van der Waals surface area (Å²) in [4.78, 5) is 7.01. The van der Waals surface area contributed by atoms with Gasteiger partial charge < -0.3 is 9.88 Å². The first-order chi connectivity index (χ1) is 12.8. The fourth-order valence-electron chi connectivity index (χ4n) is 4.43. The van der Waals surface area contributed by atoms with Gasteiger partial charge in [0.25, 0.3) is 0 Å². The number of pyridine rings is 1. The number of nitrogens with zero attached hydrogens (tertiary/aromatic N) is 2. The number of para-hydroxylation sites is 1. The van der Waals surface area contributed by atoms with Gasteiger partial charge in [-0.15, -0.1) is 0 Å². The summed E-state index contributed by atoms with van der Waals surface area (Å²) in [5.41, 5.74) is 6.70. The number of hydrogen-bond acceptors (Lipinski definition) is 3. The largest absolute Gasteiger partial charge is 0.383 e. The monoisotopic (exact) mass is 355 g/mol. The van der Waals surface area contributed by atoms with E-state index in [2.05, 4.69) is 70.6 Å². The number of hydrogen-bond donors (Lipinski definition) is 1. The highest BCUT2D eigenvalue weighted by molar-refractivity contribution is 7.99. The van der Waals surface area contributed by atoms with E-state index < -0.39 is 0 Å². The SMILES string of the molecule is Cn1c2c(c3cc(Sc4ccnc5ccccc45)ccc31)C1CC2=CN1. The zero-order chi connectivity index (χ0) is 17.3. The number of rotatable bonds is 2. The molecule has 3 heterocycles. The second-order valence-corrected chi connectivity index (χ2v) is 8.14. The summed E-state index contributed by atoms with van der Waals surface area (Å²) in [6.07, 6.45) is 5.21. The quantitative estimate of drug-likeness (QED) is 0.531. The smallest absolute Gasteiger partial charge is 0.0713 e. The second kappa shape index (κ2) is 5.15. The van der Waals surface area contributed by atoms with Crippen LogP contribution in [0.3, 0.4) is 0 Å². The number of nitrogens with one attached hydrogen (secondary N) is 1. The van der Waals surface area contributed by atoms with Crippen LogP contribution < -0.4 is 5.32 Å². The van der Waals surface area contributed by atoms with Crippen LogP contribution in [0.25, 0.3) is 27.4 Å². The van der Waals surface area contributed by atoms with Crippen molar-refractivity contribution in [3.8, 4) is 0 Å². The molecule has 4 heteroatoms. The maximum Gasteiger partial charge on any atom is 0.0713 e. The van der Waals surface area contributed by atoms with E-state index in [1.54, 1.807) is 0 Å². The Bertz CT molecular complexity index is 1230. The van der Waals surface area contributed by atoms with Gasteiger partial charge in [0.05, 0.1) is 17.3 Å². The molecule has 126 valence electrons. The highest BCUT2D eigenvalue weighted by atomic mass is 32.2. The van der Waals surface area contributed by atoms with Crippen molar-refractivity contribution < 1.29 is 0 Å². The molecule has 1 atom stereocenters. The van der Waals surface area contributed by atoms with Gasteiger partial charge in [-0.2, -0.15) is 0 Å². The van der Waals surface area contributed by atoms with E-state index in [1.165, 1.54) is 42.9 Å². The van der Waals surface area contributed by atoms with Gasteiger partial charge in [0.1, 0.15) is 0 Å². The molecule has 6 rings (SSSR count). The minimum Gasteiger partial charge on any atom is -0.383 e. The van der Waals surface area contributed by atoms with Crippen LogP contribution in [0.15, 0.2) is 70.7 Å². The fourth-order valence-corrected chi connectivity index (χ4v) is 5.41. The van der Waals surface area contributed by atoms with E-state index in [0.717, 1.165) is 11.9 Å². The summed E-state index contributed by atoms with van der Waals surface area (Å²) in [6, 6.07) is 17.8. The normalized spacial score (nSPS) is 17.6. The number of benzene rings is 2. The number of fused-ring (bicyclic) bond motifs is 8. The third kappa shape index (κ3) is 1.88. The fraction of sp³-hybridized carbons (Fsp3) is 0.136. The summed E-state index contributed by atoms with van der Waals surface area (Å²) in [5, 5.41) is 6.11. The highest BCUT2D eigenvalue weighted by Gasteiger charge is 2.35. The summed E-state index contributed by atoms with van der Waals surface area (Å²) >= 11 is 1.82. The molecule has 26 heavy (non-hydrogen) atoms. The average molecular weight is 355 g/mol. The van der Waals surface area contributed by atoms with E-state index >= 15 is 0 Å². The molecule has 2 aromatic heterocycles. The van der Waals surface area contributed by atoms with E-state index in [0.29, 0.717) is 6.04 Å². The Balaban J connectivity index is 1.50. The van der Waals surface area contributed by atoms with E-state index in [4.69, 9.17) is 0 Å². The van der Waals surface area contributed by atoms with Crippen LogP contribution in [0.5, 0.6) is 0 Å². The molecule has 3 nitrogen and oxygen atoms in total. The van der Waals surface area contributed by atoms with Crippen molar-refractivity contribution in [3.05, 3.63) is 72.2 Å². The van der Waals surface area contributed by atoms with Gasteiger partial charge in [-0.25, -0.2) is 0 Å². The Labute approximate surface area is 155 Å². The average Bonchev–Trinajstić information content (AvgIpc) is 3.36. The van der Waals surface area contributed by atoms with Crippen molar-refractivity contribution >= 4 is 39.1 Å². The van der Waals surface area contributed by atoms with Gasteiger partial charge in [-0.05, 0) is 35.9 Å². The molecule has 2 aromatic carbocycles. The summed E-state index contributed by atoms with van der Waals surface area (Å²) in [7, 11) is 2.19. The molecule has 0 saturated carbocycles. The van der Waals surface area contributed by atoms with Crippen LogP contribution in [0.2, 0.25) is 0 Å². The van der Waals surface area contributed by atoms with Gasteiger partial charge in [0.15, 0.2) is 0 Å². The Morgan fingerprint density at radius 3 is 3.00 bits per heavy atom. The molecule has 0 fully saturated rings. The van der Waals surface area contributed by atoms with Gasteiger partial charge in [0, 0.05) is 57.5 Å². The molecular formula is C22H17N3S. The van der Waals surface area contributed by atoms with E-state index in [-0.39, 0.29) is 0 Å². The maximum absolute atomic E-state index is 4.48. The lowest BCUT2D eigenvalue weighted by atomic mass is 10.1. The molecule has 0 radical (unpaired) electrons. The lowest BCUT2D eigenvalue weighted by molar-refractivity contribution is 0.695. The van der Waals surface area contributed by atoms with Crippen molar-refractivity contribution in [1.82, 2.24) is 14.9 Å². The van der Waals surface area contributed by atoms with Crippen molar-refractivity contribution in [2.24, 2.45) is 7.05 Å². The van der Waals surface area contributed by atoms with Crippen LogP contribution in [-0.2, 0) is 7.05 Å². The van der Waals surface area contributed by atoms with Crippen LogP contribution in [0, 0.1) is 0 Å². The van der Waals surface area contributed by atoms with Crippen molar-refractivity contribution in [2.75, 3.05) is 0 Å². The molecule has 4 aromatic rings. The molecule has 1 aliphatic carbocycles. The minimum absolute atomic E-state index is 0.450. The molecule has 0 spiro atoms. The van der Waals surface area contributed by atoms with E-state index in [1.807, 2.05) is 24.0 Å². The zero-order valence-electron chi connectivity index (χ0n) is 14.4. The molecule has 0 saturated heterocycles. The Kier molecular flexibility index (Phi) is 2.86. The van der Waals surface area contributed by atoms with Gasteiger partial charge >= 0.3 is 0 Å². The molecule has 1 unspecified atom stereocenters. The van der Waals surface area contributed by atoms with Crippen molar-refractivity contribution in [2.45, 2.75) is 22.3 Å². The Morgan fingerprint density at radius 1 is 1.12 bits per heavy atom. The summed E-state index contributed by atoms with van der Waals surface area (Å²) in [6.45, 7) is 0. The summed E-state index contributed by atoms with van der Waals surface area (Å²) in [5.74, 6) is 0. The third-order valence-electron chi connectivity index (χ3n) is 5.58. The molecule has 0 amide bonds. The lowest BCUT2D eigenvalue weighted by Gasteiger charge is -2.10. The van der Waals surface area contributed by atoms with Crippen LogP contribution in [0.1, 0.15) is 23.7 Å². The topological polar surface area (TPSA) is 29.9 Å². The van der Waals surface area contributed by atoms with Crippen LogP contribution in [0.4, 0.5) is 0 Å². The Hall–Kier alpha value is -2.72. The van der Waals surface area contributed by atoms with Gasteiger partial charge in [-0.1, -0.05) is 30.0 Å². The minimum atomic E-state index is 0.450. The third-order valence-corrected chi connectivity index (χ3v) is 6.65. The van der Waals surface area contributed by atoms with Crippen LogP contribution >= 0.6 is 11.8 Å².